The topological polar surface area (TPSA) is 41.6 Å². The molecule has 0 aliphatic carbocycles. The average molecular weight is 445 g/mol. The second kappa shape index (κ2) is 10.2. The van der Waals surface area contributed by atoms with E-state index >= 15 is 0 Å². The molecule has 2 unspecified atom stereocenters. The number of amides is 1. The predicted octanol–water partition coefficient (Wildman–Crippen LogP) is 4.31. The highest BCUT2D eigenvalue weighted by atomic mass is 79.9. The lowest BCUT2D eigenvalue weighted by atomic mass is 10.1. The quantitative estimate of drug-likeness (QED) is 0.691. The van der Waals surface area contributed by atoms with Gasteiger partial charge >= 0.3 is 0 Å². The molecule has 3 rings (SSSR count). The largest absolute Gasteiger partial charge is 0.373 e. The van der Waals surface area contributed by atoms with Gasteiger partial charge in [-0.3, -0.25) is 9.69 Å². The first-order chi connectivity index (χ1) is 13.5. The van der Waals surface area contributed by atoms with Gasteiger partial charge in [0.2, 0.25) is 5.91 Å². The molecule has 1 amide bonds. The molecule has 2 atom stereocenters. The first kappa shape index (κ1) is 21.0. The van der Waals surface area contributed by atoms with Gasteiger partial charge in [0.1, 0.15) is 0 Å². The van der Waals surface area contributed by atoms with E-state index in [1.807, 2.05) is 24.3 Å². The summed E-state index contributed by atoms with van der Waals surface area (Å²) < 4.78 is 6.86. The molecule has 28 heavy (non-hydrogen) atoms. The maximum Gasteiger partial charge on any atom is 0.220 e. The Balaban J connectivity index is 1.42. The van der Waals surface area contributed by atoms with Gasteiger partial charge in [0.05, 0.1) is 12.2 Å². The number of carbonyl (C=O) groups is 1. The van der Waals surface area contributed by atoms with E-state index in [1.54, 1.807) is 0 Å². The Hall–Kier alpha value is -1.69. The number of benzene rings is 2. The fraction of sp³-hybridized carbons (Fsp3) is 0.435. The summed E-state index contributed by atoms with van der Waals surface area (Å²) >= 11 is 3.53. The lowest BCUT2D eigenvalue weighted by molar-refractivity contribution is -0.121. The second-order valence-electron chi connectivity index (χ2n) is 7.64. The van der Waals surface area contributed by atoms with E-state index in [0.29, 0.717) is 13.0 Å². The molecule has 1 aliphatic heterocycles. The van der Waals surface area contributed by atoms with Crippen LogP contribution in [0.1, 0.15) is 37.0 Å². The van der Waals surface area contributed by atoms with Crippen molar-refractivity contribution < 1.29 is 9.53 Å². The highest BCUT2D eigenvalue weighted by Gasteiger charge is 2.21. The number of hydrogen-bond donors (Lipinski definition) is 1. The molecule has 0 radical (unpaired) electrons. The number of nitrogens with one attached hydrogen (secondary N) is 1. The smallest absolute Gasteiger partial charge is 0.220 e. The van der Waals surface area contributed by atoms with Crippen molar-refractivity contribution in [1.82, 2.24) is 10.2 Å². The van der Waals surface area contributed by atoms with Crippen LogP contribution in [0.5, 0.6) is 0 Å². The molecule has 4 nitrogen and oxygen atoms in total. The van der Waals surface area contributed by atoms with Crippen LogP contribution in [0.3, 0.4) is 0 Å². The third kappa shape index (κ3) is 6.43. The minimum Gasteiger partial charge on any atom is -0.373 e. The Kier molecular flexibility index (Phi) is 7.65. The van der Waals surface area contributed by atoms with Gasteiger partial charge in [0, 0.05) is 37.1 Å². The first-order valence-electron chi connectivity index (χ1n) is 9.95. The molecule has 0 spiro atoms. The number of halogens is 1. The highest BCUT2D eigenvalue weighted by molar-refractivity contribution is 9.10. The first-order valence-corrected chi connectivity index (χ1v) is 10.7. The Labute approximate surface area is 176 Å². The molecular weight excluding hydrogens is 416 g/mol. The van der Waals surface area contributed by atoms with E-state index in [0.717, 1.165) is 41.7 Å². The number of aryl methyl sites for hydroxylation is 1. The molecule has 0 aromatic heterocycles. The average Bonchev–Trinajstić information content (AvgIpc) is 2.66. The minimum absolute atomic E-state index is 0.0797. The van der Waals surface area contributed by atoms with Crippen LogP contribution in [0, 0.1) is 0 Å². The summed E-state index contributed by atoms with van der Waals surface area (Å²) in [4.78, 5) is 14.6. The van der Waals surface area contributed by atoms with Crippen molar-refractivity contribution in [3.05, 3.63) is 69.7 Å². The van der Waals surface area contributed by atoms with Crippen LogP contribution >= 0.6 is 15.9 Å². The van der Waals surface area contributed by atoms with E-state index in [4.69, 9.17) is 4.74 Å². The van der Waals surface area contributed by atoms with E-state index < -0.39 is 0 Å². The summed E-state index contributed by atoms with van der Waals surface area (Å²) in [6.07, 6.45) is 1.81. The molecule has 1 fully saturated rings. The van der Waals surface area contributed by atoms with Crippen molar-refractivity contribution in [2.24, 2.45) is 0 Å². The summed E-state index contributed by atoms with van der Waals surface area (Å²) in [6, 6.07) is 16.6. The van der Waals surface area contributed by atoms with Gasteiger partial charge in [0.15, 0.2) is 0 Å². The number of hydrogen-bond acceptors (Lipinski definition) is 3. The number of nitrogens with zero attached hydrogens (tertiary/aromatic N) is 1. The SMILES string of the molecule is CC1CN(Cc2ccc(CNC(=O)CCc3ccccc3Br)cc2)CC(C)O1. The Morgan fingerprint density at radius 3 is 2.39 bits per heavy atom. The Bertz CT molecular complexity index is 768. The van der Waals surface area contributed by atoms with Crippen molar-refractivity contribution in [1.29, 1.82) is 0 Å². The van der Waals surface area contributed by atoms with Crippen LogP contribution in [0.15, 0.2) is 53.0 Å². The summed E-state index contributed by atoms with van der Waals surface area (Å²) in [5.74, 6) is 0.0797. The molecular formula is C23H29BrN2O2. The maximum atomic E-state index is 12.1. The third-order valence-electron chi connectivity index (χ3n) is 4.99. The van der Waals surface area contributed by atoms with E-state index in [9.17, 15) is 4.79 Å². The van der Waals surface area contributed by atoms with E-state index in [2.05, 4.69) is 64.3 Å². The van der Waals surface area contributed by atoms with Crippen LogP contribution < -0.4 is 5.32 Å². The zero-order chi connectivity index (χ0) is 19.9. The van der Waals surface area contributed by atoms with Gasteiger partial charge in [-0.05, 0) is 43.0 Å². The summed E-state index contributed by atoms with van der Waals surface area (Å²) in [6.45, 7) is 7.71. The minimum atomic E-state index is 0.0797. The lowest BCUT2D eigenvalue weighted by Crippen LogP contribution is -2.44. The van der Waals surface area contributed by atoms with Crippen molar-refractivity contribution in [3.8, 4) is 0 Å². The van der Waals surface area contributed by atoms with Crippen molar-refractivity contribution >= 4 is 21.8 Å². The molecule has 1 N–H and O–H groups in total. The van der Waals surface area contributed by atoms with E-state index in [-0.39, 0.29) is 18.1 Å². The van der Waals surface area contributed by atoms with Crippen molar-refractivity contribution in [3.63, 3.8) is 0 Å². The van der Waals surface area contributed by atoms with Crippen molar-refractivity contribution in [2.45, 2.75) is 52.0 Å². The molecule has 150 valence electrons. The van der Waals surface area contributed by atoms with E-state index in [1.165, 1.54) is 5.56 Å². The monoisotopic (exact) mass is 444 g/mol. The standard InChI is InChI=1S/C23H29BrN2O2/c1-17-14-26(15-18(2)28-17)16-20-9-7-19(8-10-20)13-25-23(27)12-11-21-5-3-4-6-22(21)24/h3-10,17-18H,11-16H2,1-2H3,(H,25,27). The zero-order valence-electron chi connectivity index (χ0n) is 16.7. The molecule has 1 heterocycles. The molecule has 1 saturated heterocycles. The van der Waals surface area contributed by atoms with Gasteiger partial charge < -0.3 is 10.1 Å². The third-order valence-corrected chi connectivity index (χ3v) is 5.77. The van der Waals surface area contributed by atoms with Gasteiger partial charge in [-0.15, -0.1) is 0 Å². The Morgan fingerprint density at radius 2 is 1.71 bits per heavy atom. The number of carbonyl (C=O) groups excluding carboxylic acids is 1. The van der Waals surface area contributed by atoms with Crippen LogP contribution in [0.4, 0.5) is 0 Å². The number of morpholine rings is 1. The van der Waals surface area contributed by atoms with Crippen LogP contribution in [-0.4, -0.2) is 36.1 Å². The number of rotatable bonds is 7. The fourth-order valence-corrected chi connectivity index (χ4v) is 4.16. The van der Waals surface area contributed by atoms with Gasteiger partial charge in [-0.2, -0.15) is 0 Å². The normalized spacial score (nSPS) is 20.1. The molecule has 2 aromatic carbocycles. The predicted molar refractivity (Wildman–Crippen MR) is 116 cm³/mol. The Morgan fingerprint density at radius 1 is 1.07 bits per heavy atom. The molecule has 2 aromatic rings. The maximum absolute atomic E-state index is 12.1. The van der Waals surface area contributed by atoms with Gasteiger partial charge in [0.25, 0.3) is 0 Å². The van der Waals surface area contributed by atoms with Crippen LogP contribution in [0.2, 0.25) is 0 Å². The van der Waals surface area contributed by atoms with Crippen LogP contribution in [0.25, 0.3) is 0 Å². The summed E-state index contributed by atoms with van der Waals surface area (Å²) in [7, 11) is 0. The highest BCUT2D eigenvalue weighted by Crippen LogP contribution is 2.17. The molecule has 0 saturated carbocycles. The molecule has 0 bridgehead atoms. The summed E-state index contributed by atoms with van der Waals surface area (Å²) in [5.41, 5.74) is 3.58. The lowest BCUT2D eigenvalue weighted by Gasteiger charge is -2.35. The zero-order valence-corrected chi connectivity index (χ0v) is 18.2. The van der Waals surface area contributed by atoms with Crippen molar-refractivity contribution in [2.75, 3.05) is 13.1 Å². The van der Waals surface area contributed by atoms with Gasteiger partial charge in [-0.25, -0.2) is 0 Å². The van der Waals surface area contributed by atoms with Crippen LogP contribution in [-0.2, 0) is 29.0 Å². The van der Waals surface area contributed by atoms with Gasteiger partial charge in [-0.1, -0.05) is 58.4 Å². The molecule has 1 aliphatic rings. The fourth-order valence-electron chi connectivity index (χ4n) is 3.67. The molecule has 5 heteroatoms. The summed E-state index contributed by atoms with van der Waals surface area (Å²) in [5, 5.41) is 3.02. The second-order valence-corrected chi connectivity index (χ2v) is 8.49. The number of ether oxygens (including phenoxy) is 1.